The van der Waals surface area contributed by atoms with E-state index in [1.54, 1.807) is 15.3 Å². The molecule has 284 valence electrons. The minimum Gasteiger partial charge on any atom is -1.00 e. The minimum atomic E-state index is -2.93. The summed E-state index contributed by atoms with van der Waals surface area (Å²) in [6, 6.07) is 41.8. The Labute approximate surface area is 352 Å². The number of halogens is 2. The van der Waals surface area contributed by atoms with E-state index in [0.717, 1.165) is 12.8 Å². The predicted molar refractivity (Wildman–Crippen MR) is 228 cm³/mol. The Morgan fingerprint density at radius 2 is 1.15 bits per heavy atom. The summed E-state index contributed by atoms with van der Waals surface area (Å²) >= 11 is -2.93. The van der Waals surface area contributed by atoms with Crippen LogP contribution in [0.15, 0.2) is 130 Å². The van der Waals surface area contributed by atoms with Gasteiger partial charge in [-0.05, 0) is 0 Å². The molecule has 1 unspecified atom stereocenters. The van der Waals surface area contributed by atoms with Crippen LogP contribution in [-0.4, -0.2) is 3.21 Å². The van der Waals surface area contributed by atoms with Gasteiger partial charge in [-0.1, -0.05) is 0 Å². The van der Waals surface area contributed by atoms with Crippen molar-refractivity contribution in [2.24, 2.45) is 11.3 Å². The molecule has 2 aliphatic rings. The van der Waals surface area contributed by atoms with Crippen LogP contribution in [0.25, 0.3) is 33.4 Å². The van der Waals surface area contributed by atoms with Gasteiger partial charge in [0.15, 0.2) is 0 Å². The van der Waals surface area contributed by atoms with Crippen LogP contribution >= 0.6 is 0 Å². The van der Waals surface area contributed by atoms with Gasteiger partial charge < -0.3 is 24.8 Å². The molecule has 2 aliphatic carbocycles. The van der Waals surface area contributed by atoms with Crippen LogP contribution in [0.2, 0.25) is 0 Å². The molecule has 3 heteroatoms. The molecule has 5 aromatic rings. The van der Waals surface area contributed by atoms with E-state index in [2.05, 4.69) is 198 Å². The first-order chi connectivity index (χ1) is 25.1. The van der Waals surface area contributed by atoms with Gasteiger partial charge in [0.2, 0.25) is 0 Å². The first-order valence-electron chi connectivity index (χ1n) is 19.8. The van der Waals surface area contributed by atoms with Crippen molar-refractivity contribution in [1.82, 2.24) is 0 Å². The molecule has 1 atom stereocenters. The molecular weight excluding hydrogens is 787 g/mol. The van der Waals surface area contributed by atoms with E-state index in [1.807, 2.05) is 0 Å². The van der Waals surface area contributed by atoms with Crippen LogP contribution < -0.4 is 28.1 Å². The number of hydrogen-bond acceptors (Lipinski definition) is 0. The number of hydrogen-bond donors (Lipinski definition) is 0. The van der Waals surface area contributed by atoms with Crippen LogP contribution in [0.1, 0.15) is 110 Å². The second kappa shape index (κ2) is 16.4. The van der Waals surface area contributed by atoms with Gasteiger partial charge in [0.25, 0.3) is 0 Å². The monoisotopic (exact) mass is 842 g/mol. The fourth-order valence-corrected chi connectivity index (χ4v) is 17.7. The van der Waals surface area contributed by atoms with E-state index in [1.165, 1.54) is 61.2 Å². The summed E-state index contributed by atoms with van der Waals surface area (Å²) in [6.45, 7) is 26.5. The Bertz CT molecular complexity index is 2270. The molecule has 0 saturated heterocycles. The SMILES string of the molecule is CC/[C](c1ccccc1)=[Zr+2](\[C]1=CC(C(C)(C)C)=CC1C)[c]1c2c(cc(C(C)(C)C)c1-c1ccccc1)-c1cc(C(C)(C)C)c(-c3ccccc3)cc1C2.[Cl-].[Cl-]. The maximum absolute atomic E-state index is 2.93. The maximum Gasteiger partial charge on any atom is -1.00 e. The van der Waals surface area contributed by atoms with Gasteiger partial charge in [-0.15, -0.1) is 0 Å². The summed E-state index contributed by atoms with van der Waals surface area (Å²) in [7, 11) is 0. The van der Waals surface area contributed by atoms with Crippen LogP contribution in [0.5, 0.6) is 0 Å². The van der Waals surface area contributed by atoms with Crippen LogP contribution in [0.4, 0.5) is 0 Å². The molecule has 0 aliphatic heterocycles. The molecule has 0 amide bonds. The van der Waals surface area contributed by atoms with Crippen LogP contribution in [0, 0.1) is 11.3 Å². The molecule has 0 radical (unpaired) electrons. The van der Waals surface area contributed by atoms with Crippen LogP contribution in [0.3, 0.4) is 0 Å². The van der Waals surface area contributed by atoms with Crippen molar-refractivity contribution in [3.05, 3.63) is 158 Å². The second-order valence-corrected chi connectivity index (χ2v) is 24.5. The van der Waals surface area contributed by atoms with Gasteiger partial charge in [-0.3, -0.25) is 0 Å². The van der Waals surface area contributed by atoms with Gasteiger partial charge in [0.05, 0.1) is 0 Å². The number of fused-ring (bicyclic) bond motifs is 3. The smallest absolute Gasteiger partial charge is 1.00 e. The average molecular weight is 845 g/mol. The van der Waals surface area contributed by atoms with Crippen molar-refractivity contribution < 1.29 is 46.1 Å². The molecule has 55 heavy (non-hydrogen) atoms. The first-order valence-corrected chi connectivity index (χ1v) is 23.5. The Morgan fingerprint density at radius 3 is 1.65 bits per heavy atom. The largest absolute Gasteiger partial charge is 1.00 e. The van der Waals surface area contributed by atoms with Crippen LogP contribution in [-0.2, 0) is 38.5 Å². The molecule has 0 heterocycles. The van der Waals surface area contributed by atoms with Crippen molar-refractivity contribution in [3.63, 3.8) is 0 Å². The summed E-state index contributed by atoms with van der Waals surface area (Å²) in [5, 5.41) is 0. The zero-order valence-electron chi connectivity index (χ0n) is 34.8. The molecule has 0 N–H and O–H groups in total. The quantitative estimate of drug-likeness (QED) is 0.163. The molecule has 0 bridgehead atoms. The van der Waals surface area contributed by atoms with Crippen molar-refractivity contribution in [2.75, 3.05) is 0 Å². The normalized spacial score (nSPS) is 15.3. The topological polar surface area (TPSA) is 0 Å². The van der Waals surface area contributed by atoms with Crippen molar-refractivity contribution in [1.29, 1.82) is 0 Å². The van der Waals surface area contributed by atoms with Gasteiger partial charge in [0.1, 0.15) is 0 Å². The minimum absolute atomic E-state index is 0. The summed E-state index contributed by atoms with van der Waals surface area (Å²) in [5.74, 6) is 0.419. The van der Waals surface area contributed by atoms with Gasteiger partial charge >= 0.3 is 330 Å². The first kappa shape index (κ1) is 43.0. The zero-order valence-corrected chi connectivity index (χ0v) is 38.8. The molecule has 0 spiro atoms. The summed E-state index contributed by atoms with van der Waals surface area (Å²) in [5.41, 5.74) is 17.4. The van der Waals surface area contributed by atoms with E-state index in [4.69, 9.17) is 0 Å². The molecular formula is C52H58Cl2Zr. The van der Waals surface area contributed by atoms with Crippen molar-refractivity contribution in [3.8, 4) is 33.4 Å². The maximum atomic E-state index is 2.68. The third-order valence-electron chi connectivity index (χ3n) is 11.5. The fraction of sp³-hybridized carbons (Fsp3) is 0.327. The summed E-state index contributed by atoms with van der Waals surface area (Å²) < 4.78 is 5.13. The third-order valence-corrected chi connectivity index (χ3v) is 20.1. The fourth-order valence-electron chi connectivity index (χ4n) is 8.74. The summed E-state index contributed by atoms with van der Waals surface area (Å²) in [4.78, 5) is 0. The Hall–Kier alpha value is -3.09. The molecule has 0 nitrogen and oxygen atoms in total. The van der Waals surface area contributed by atoms with Gasteiger partial charge in [-0.2, -0.15) is 0 Å². The third kappa shape index (κ3) is 8.33. The zero-order chi connectivity index (χ0) is 37.9. The summed E-state index contributed by atoms with van der Waals surface area (Å²) in [6.07, 6.45) is 7.32. The molecule has 0 fully saturated rings. The molecule has 0 saturated carbocycles. The predicted octanol–water partition coefficient (Wildman–Crippen LogP) is 7.58. The van der Waals surface area contributed by atoms with Gasteiger partial charge in [0, 0.05) is 0 Å². The van der Waals surface area contributed by atoms with Crippen molar-refractivity contribution >= 4 is 6.48 Å². The average Bonchev–Trinajstić information content (AvgIpc) is 3.69. The second-order valence-electron chi connectivity index (χ2n) is 18.5. The number of rotatable bonds is 6. The molecule has 0 aromatic heterocycles. The number of benzene rings is 5. The molecule has 7 rings (SSSR count). The van der Waals surface area contributed by atoms with E-state index < -0.39 is 21.3 Å². The van der Waals surface area contributed by atoms with E-state index in [-0.39, 0.29) is 41.1 Å². The Kier molecular flexibility index (Phi) is 12.8. The van der Waals surface area contributed by atoms with Crippen molar-refractivity contribution in [2.45, 2.75) is 99.8 Å². The number of allylic oxidation sites excluding steroid dienone is 4. The van der Waals surface area contributed by atoms with E-state index in [9.17, 15) is 0 Å². The Balaban J connectivity index is 0.00000290. The van der Waals surface area contributed by atoms with Gasteiger partial charge in [-0.25, -0.2) is 0 Å². The Morgan fingerprint density at radius 1 is 0.618 bits per heavy atom. The molecule has 5 aromatic carbocycles. The van der Waals surface area contributed by atoms with E-state index in [0.29, 0.717) is 5.92 Å². The van der Waals surface area contributed by atoms with E-state index >= 15 is 0 Å². The standard InChI is InChI=1S/C33H33.C10H15.C9H10.2ClH.Zr/c1-32(2,3)30-20-26-24(18-28(30)22-13-9-7-10-14-22)17-25-19-29(23-15-11-8-12-16-23)31(21-27(25)26)33(4,5)6;1-8-5-6-9(7-8)10(2,3)4;1-2-6-9-7-4-3-5-8-9;;;/h7-16,18,20-21H,17H2,1-6H3;6-8H,1-4H3;3-5,7-8H,2H2,1H3;2*1H;/q;;;;;+2/p-2.